The number of benzene rings is 4. The summed E-state index contributed by atoms with van der Waals surface area (Å²) in [7, 11) is 5.34. The zero-order valence-corrected chi connectivity index (χ0v) is 81.5. The summed E-state index contributed by atoms with van der Waals surface area (Å²) in [6, 6.07) is 10.9. The minimum absolute atomic E-state index is 0.0137. The molecule has 0 saturated carbocycles. The number of thiol groups is 1. The average molecular weight is 1940 g/mol. The van der Waals surface area contributed by atoms with Gasteiger partial charge in [0.15, 0.2) is 34.7 Å². The first-order valence-electron chi connectivity index (χ1n) is 44.0. The Morgan fingerprint density at radius 1 is 0.492 bits per heavy atom. The second-order valence-electron chi connectivity index (χ2n) is 33.9. The molecule has 4 aromatic carbocycles. The van der Waals surface area contributed by atoms with Gasteiger partial charge in [-0.25, -0.2) is 17.6 Å². The Kier molecular flexibility index (Phi) is 40.6. The molecular weight excluding hydrogens is 1810 g/mol. The summed E-state index contributed by atoms with van der Waals surface area (Å²) < 4.78 is 78.5. The molecule has 4 unspecified atom stereocenters. The summed E-state index contributed by atoms with van der Waals surface area (Å²) in [5, 5.41) is 12.1. The van der Waals surface area contributed by atoms with E-state index < -0.39 is 41.6 Å². The summed E-state index contributed by atoms with van der Waals surface area (Å²) in [5.41, 5.74) is 22.7. The number of Topliss-reactive ketones (excluding diaryl/α,β-unsaturated/α-hetero) is 6. The number of halogens is 6. The van der Waals surface area contributed by atoms with Crippen molar-refractivity contribution in [2.24, 2.45) is 26.0 Å². The molecule has 16 nitrogen and oxygen atoms in total. The molecule has 7 N–H and O–H groups in total. The number of nitrogen functional groups attached to an aromatic ring is 2. The molecule has 122 heavy (non-hydrogen) atoms. The standard InChI is InChI=1S/C23H28FNO3.2C19H21BrFNO2.C19H22FNO2.C4H7O.3C4H9.CH4O.BHNS.Sn/c1-5-7-9-23-10-8-20(27)21(14(3)28-6-2)22(23)17-12-18(24)19(25-15(4)26)11-16(17)13-23;1-3-4-6-19-7-5-16(24)18(20)17(19)13-9-14(21)15(22-11(2)23)8-12(13)10-19;1-3-4-6-19-7-5-14(24)15(10(2)23)16(19)11-8-13(21)18(22)17(20)12(11)9-19;1-3-4-6-19-7-5-16(23)17(11(2)22)18(19)13-9-14(20)15(21)8-12(13)10-19;1-3-5-4-2;3*1-3-4-2;1-2;1-2-3;/h11-12H,3,5-10,13H2,1-2,4H3,(H,25,26);8-9H,3-7,10H2,1-2H3,(H,22,23);8H,3-7,9,22H2,1-2H3;8-9H,3-7,10,21H2,1-2H3;1,4H2,2H3;3*1,3-4H2,2H3;2H,1H3;3H;. The molecule has 1 radical (unpaired) electrons. The van der Waals surface area contributed by atoms with E-state index in [1.807, 2.05) is 6.92 Å². The van der Waals surface area contributed by atoms with Crippen molar-refractivity contribution in [3.8, 4) is 0 Å². The van der Waals surface area contributed by atoms with E-state index in [0.717, 1.165) is 185 Å². The quantitative estimate of drug-likeness (QED) is 0.00685. The summed E-state index contributed by atoms with van der Waals surface area (Å²) in [6.07, 6.45) is 27.9. The van der Waals surface area contributed by atoms with Crippen LogP contribution in [0.15, 0.2) is 95.1 Å². The molecule has 0 bridgehead atoms. The number of carbonyl (C=O) groups excluding carboxylic acids is 8. The van der Waals surface area contributed by atoms with Crippen molar-refractivity contribution in [2.75, 3.05) is 42.4 Å². The number of anilines is 4. The van der Waals surface area contributed by atoms with Crippen molar-refractivity contribution in [3.63, 3.8) is 0 Å². The van der Waals surface area contributed by atoms with Crippen molar-refractivity contribution in [1.29, 1.82) is 0 Å². The van der Waals surface area contributed by atoms with Gasteiger partial charge in [-0.3, -0.25) is 38.4 Å². The number of hydrogen-bond donors (Lipinski definition) is 6. The number of ether oxygens (including phenoxy) is 2. The molecule has 12 rings (SSSR count). The Morgan fingerprint density at radius 2 is 0.820 bits per heavy atom. The third-order valence-electron chi connectivity index (χ3n) is 25.5. The average Bonchev–Trinajstić information content (AvgIpc) is 1.60. The van der Waals surface area contributed by atoms with Gasteiger partial charge in [0, 0.05) is 72.8 Å². The van der Waals surface area contributed by atoms with Gasteiger partial charge in [0.05, 0.1) is 50.6 Å². The second-order valence-corrected chi connectivity index (χ2v) is 48.9. The first kappa shape index (κ1) is 104. The van der Waals surface area contributed by atoms with E-state index in [9.17, 15) is 55.9 Å². The van der Waals surface area contributed by atoms with Crippen molar-refractivity contribution in [1.82, 2.24) is 0 Å². The van der Waals surface area contributed by atoms with Gasteiger partial charge in [0.25, 0.3) is 0 Å². The van der Waals surface area contributed by atoms with Crippen LogP contribution in [-0.4, -0.2) is 98.0 Å². The van der Waals surface area contributed by atoms with E-state index in [1.165, 1.54) is 108 Å². The van der Waals surface area contributed by atoms with Gasteiger partial charge in [0.1, 0.15) is 29.0 Å². The maximum atomic E-state index is 14.7. The zero-order valence-electron chi connectivity index (χ0n) is 74.6. The number of nitrogens with one attached hydrogen (secondary N) is 2. The number of amides is 2. The van der Waals surface area contributed by atoms with Crippen LogP contribution < -0.4 is 22.1 Å². The van der Waals surface area contributed by atoms with E-state index in [0.29, 0.717) is 76.5 Å². The van der Waals surface area contributed by atoms with E-state index in [4.69, 9.17) is 26.0 Å². The topological polar surface area (TPSA) is 264 Å². The summed E-state index contributed by atoms with van der Waals surface area (Å²) in [4.78, 5) is 96.9. The molecule has 0 spiro atoms. The van der Waals surface area contributed by atoms with Gasteiger partial charge in [-0.05, 0) is 239 Å². The predicted molar refractivity (Wildman–Crippen MR) is 500 cm³/mol. The number of allylic oxidation sites excluding steroid dienone is 8. The zero-order chi connectivity index (χ0) is 90.9. The number of fused-ring (bicyclic) bond motifs is 12. The third kappa shape index (κ3) is 23.9. The van der Waals surface area contributed by atoms with E-state index in [1.54, 1.807) is 18.2 Å². The van der Waals surface area contributed by atoms with Crippen molar-refractivity contribution < 1.29 is 70.5 Å². The van der Waals surface area contributed by atoms with Crippen LogP contribution in [0.5, 0.6) is 0 Å². The first-order valence-corrected chi connectivity index (χ1v) is 53.4. The molecule has 0 aliphatic heterocycles. The van der Waals surface area contributed by atoms with Crippen LogP contribution in [0, 0.1) is 44.9 Å². The Bertz CT molecular complexity index is 4710. The van der Waals surface area contributed by atoms with Crippen LogP contribution in [0.3, 0.4) is 0 Å². The molecule has 4 atom stereocenters. The molecule has 25 heteroatoms. The van der Waals surface area contributed by atoms with Gasteiger partial charge < -0.3 is 31.9 Å². The molecular formula is C97H131BBr2F4N5O11SSn. The van der Waals surface area contributed by atoms with Gasteiger partial charge in [-0.1, -0.05) is 85.6 Å². The number of unbranched alkanes of at least 4 members (excludes halogenated alkanes) is 7. The van der Waals surface area contributed by atoms with Crippen molar-refractivity contribution in [3.05, 3.63) is 159 Å². The maximum absolute atomic E-state index is 14.7. The molecule has 0 heterocycles. The van der Waals surface area contributed by atoms with Crippen molar-refractivity contribution >= 4 is 162 Å². The molecule has 2 amide bonds. The second kappa shape index (κ2) is 47.6. The van der Waals surface area contributed by atoms with E-state index in [2.05, 4.69) is 136 Å². The Hall–Kier alpha value is -6.87. The molecule has 8 aliphatic rings. The van der Waals surface area contributed by atoms with Gasteiger partial charge in [-0.2, -0.15) is 0 Å². The number of nitrogens with two attached hydrogens (primary N) is 2. The van der Waals surface area contributed by atoms with Gasteiger partial charge in [-0.15, -0.1) is 0 Å². The number of nitrogens with zero attached hydrogens (tertiary/aromatic N) is 1. The van der Waals surface area contributed by atoms with Crippen LogP contribution >= 0.6 is 44.7 Å². The van der Waals surface area contributed by atoms with Crippen LogP contribution in [0.2, 0.25) is 13.3 Å². The monoisotopic (exact) mass is 1940 g/mol. The molecule has 0 fully saturated rings. The molecule has 8 aliphatic carbocycles. The van der Waals surface area contributed by atoms with Crippen LogP contribution in [0.4, 0.5) is 40.3 Å². The fourth-order valence-electron chi connectivity index (χ4n) is 19.8. The molecule has 0 saturated heterocycles. The predicted octanol–water partition coefficient (Wildman–Crippen LogP) is 24.3. The van der Waals surface area contributed by atoms with Crippen molar-refractivity contribution in [2.45, 2.75) is 296 Å². The van der Waals surface area contributed by atoms with Crippen LogP contribution in [-0.2, 0) is 73.5 Å². The van der Waals surface area contributed by atoms with Gasteiger partial charge in [0.2, 0.25) is 11.8 Å². The number of hydrogen-bond acceptors (Lipinski definition) is 15. The summed E-state index contributed by atoms with van der Waals surface area (Å²) in [5.74, 6) is -2.73. The van der Waals surface area contributed by atoms with Crippen LogP contribution in [0.1, 0.15) is 301 Å². The number of rotatable bonds is 31. The van der Waals surface area contributed by atoms with Crippen LogP contribution in [0.25, 0.3) is 22.3 Å². The normalized spacial score (nSPS) is 19.8. The molecule has 4 aromatic rings. The fourth-order valence-corrected chi connectivity index (χ4v) is 35.8. The SMILES string of the molecule is C=C(OCC)C1=C2c3cc(F)c(NC(C)=O)cc3CC2(CCCC)CCC1=O.C=[C](OCC)[Sn]([CH2]CCC)([CH2]CCC)[CH2]CCC.CCCCC12CCC(=O)C(Br)=C1c1cc(F)c(NC(C)=O)cc1C2.CCCCC12CCC(=O)C(C(C)=O)=C1c1cc(F)c(N)c(Br)c1C2.CCCCC12CCC(=O)C(C(C)=O)=C1c1cc(F)c(N)cc1C2.CO.[B]=NS. The van der Waals surface area contributed by atoms with E-state index in [-0.39, 0.29) is 102 Å². The van der Waals surface area contributed by atoms with E-state index >= 15 is 0 Å². The fraction of sp³-hybridized carbons (Fsp3) is 0.546. The molecule has 0 aromatic heterocycles. The number of ketones is 6. The number of carbonyl (C=O) groups is 8. The Labute approximate surface area is 750 Å². The first-order chi connectivity index (χ1) is 58.0. The Morgan fingerprint density at radius 3 is 1.20 bits per heavy atom. The Balaban J connectivity index is 0.000000234. The minimum atomic E-state index is -2.24. The number of aliphatic hydroxyl groups is 1. The summed E-state index contributed by atoms with van der Waals surface area (Å²) in [6.45, 7) is 34.6. The summed E-state index contributed by atoms with van der Waals surface area (Å²) >= 11 is 7.85. The number of aliphatic hydroxyl groups excluding tert-OH is 1. The molecule has 665 valence electrons. The third-order valence-corrected chi connectivity index (χ3v) is 42.3. The van der Waals surface area contributed by atoms with Gasteiger partial charge >= 0.3 is 144 Å².